The van der Waals surface area contributed by atoms with Crippen LogP contribution in [0.3, 0.4) is 0 Å². The van der Waals surface area contributed by atoms with Crippen molar-refractivity contribution in [2.24, 2.45) is 0 Å². The summed E-state index contributed by atoms with van der Waals surface area (Å²) in [5, 5.41) is 1.61. The summed E-state index contributed by atoms with van der Waals surface area (Å²) in [7, 11) is 1.22. The molecular weight excluding hydrogens is 184 g/mol. The maximum Gasteiger partial charge on any atom is 3.00 e. The summed E-state index contributed by atoms with van der Waals surface area (Å²) < 4.78 is 0. The van der Waals surface area contributed by atoms with Gasteiger partial charge in [0.25, 0.3) is 0 Å². The Morgan fingerprint density at radius 2 is 1.91 bits per heavy atom. The Hall–Kier alpha value is -0.109. The molecular formula is C9H10SiTi+3. The molecule has 0 amide bonds. The van der Waals surface area contributed by atoms with Gasteiger partial charge in [-0.2, -0.15) is 0 Å². The minimum Gasteiger partial charge on any atom is -0.0869 e. The fourth-order valence-corrected chi connectivity index (χ4v) is 2.14. The maximum atomic E-state index is 2.32. The van der Waals surface area contributed by atoms with Crippen molar-refractivity contribution in [3.05, 3.63) is 40.6 Å². The Bertz CT molecular complexity index is 291. The zero-order valence-corrected chi connectivity index (χ0v) is 10.2. The number of benzene rings is 1. The Labute approximate surface area is 85.0 Å². The molecule has 11 heavy (non-hydrogen) atoms. The van der Waals surface area contributed by atoms with Crippen molar-refractivity contribution in [3.8, 4) is 0 Å². The largest absolute Gasteiger partial charge is 3.00 e. The van der Waals surface area contributed by atoms with Crippen molar-refractivity contribution in [2.75, 3.05) is 0 Å². The van der Waals surface area contributed by atoms with Crippen LogP contribution in [0.5, 0.6) is 0 Å². The van der Waals surface area contributed by atoms with Crippen LogP contribution >= 0.6 is 0 Å². The number of hydrogen-bond donors (Lipinski definition) is 0. The molecule has 51 valence electrons. The van der Waals surface area contributed by atoms with E-state index in [1.54, 1.807) is 5.20 Å². The predicted octanol–water partition coefficient (Wildman–Crippen LogP) is 0.947. The van der Waals surface area contributed by atoms with E-state index in [1.165, 1.54) is 27.8 Å². The zero-order valence-electron chi connectivity index (χ0n) is 6.59. The normalized spacial score (nSPS) is 13.6. The molecule has 0 N–H and O–H groups in total. The fraction of sp³-hybridized carbons (Fsp3) is 0.111. The monoisotopic (exact) mass is 194 g/mol. The minimum absolute atomic E-state index is 0. The van der Waals surface area contributed by atoms with Crippen LogP contribution in [0.1, 0.15) is 11.1 Å². The molecule has 0 unspecified atom stereocenters. The molecule has 0 aliphatic heterocycles. The standard InChI is InChI=1S/C9H10Si.Ti/c10-9-5-7-3-1-2-4-8(7)6-9;/h1-5H,6H2,10H3;/q;+3. The molecule has 0 saturated heterocycles. The van der Waals surface area contributed by atoms with E-state index in [2.05, 4.69) is 30.3 Å². The topological polar surface area (TPSA) is 0 Å². The first kappa shape index (κ1) is 8.98. The van der Waals surface area contributed by atoms with Crippen molar-refractivity contribution in [3.63, 3.8) is 0 Å². The van der Waals surface area contributed by atoms with Gasteiger partial charge in [-0.05, 0) is 17.5 Å². The van der Waals surface area contributed by atoms with E-state index in [1.807, 2.05) is 0 Å². The van der Waals surface area contributed by atoms with E-state index in [0.29, 0.717) is 0 Å². The molecule has 1 aliphatic rings. The third-order valence-electron chi connectivity index (χ3n) is 1.93. The van der Waals surface area contributed by atoms with Crippen molar-refractivity contribution < 1.29 is 21.7 Å². The van der Waals surface area contributed by atoms with E-state index in [9.17, 15) is 0 Å². The molecule has 1 radical (unpaired) electrons. The Morgan fingerprint density at radius 3 is 2.64 bits per heavy atom. The van der Waals surface area contributed by atoms with Crippen molar-refractivity contribution in [1.29, 1.82) is 0 Å². The molecule has 1 aromatic carbocycles. The quantitative estimate of drug-likeness (QED) is 0.539. The van der Waals surface area contributed by atoms with E-state index in [-0.39, 0.29) is 21.7 Å². The summed E-state index contributed by atoms with van der Waals surface area (Å²) in [6.07, 6.45) is 3.53. The van der Waals surface area contributed by atoms with Crippen LogP contribution in [-0.4, -0.2) is 10.2 Å². The van der Waals surface area contributed by atoms with Gasteiger partial charge in [-0.15, -0.1) is 0 Å². The molecule has 0 saturated carbocycles. The van der Waals surface area contributed by atoms with E-state index >= 15 is 0 Å². The Balaban J connectivity index is 0.000000605. The maximum absolute atomic E-state index is 2.32. The second kappa shape index (κ2) is 3.53. The van der Waals surface area contributed by atoms with Gasteiger partial charge in [0.15, 0.2) is 0 Å². The Morgan fingerprint density at radius 1 is 1.18 bits per heavy atom. The van der Waals surface area contributed by atoms with Gasteiger partial charge in [0.1, 0.15) is 0 Å². The van der Waals surface area contributed by atoms with Crippen molar-refractivity contribution >= 4 is 16.3 Å². The van der Waals surface area contributed by atoms with E-state index in [4.69, 9.17) is 0 Å². The zero-order chi connectivity index (χ0) is 6.97. The van der Waals surface area contributed by atoms with Crippen molar-refractivity contribution in [1.82, 2.24) is 0 Å². The van der Waals surface area contributed by atoms with Crippen LogP contribution < -0.4 is 0 Å². The molecule has 0 fully saturated rings. The van der Waals surface area contributed by atoms with Gasteiger partial charge in [0.05, 0.1) is 0 Å². The van der Waals surface area contributed by atoms with Crippen LogP contribution in [0.25, 0.3) is 6.08 Å². The molecule has 0 atom stereocenters. The predicted molar refractivity (Wildman–Crippen MR) is 48.1 cm³/mol. The average Bonchev–Trinajstić information content (AvgIpc) is 2.27. The second-order valence-corrected chi connectivity index (χ2v) is 4.15. The van der Waals surface area contributed by atoms with Crippen LogP contribution in [0.15, 0.2) is 29.5 Å². The van der Waals surface area contributed by atoms with Crippen LogP contribution in [0, 0.1) is 0 Å². The smallest absolute Gasteiger partial charge is 0.0869 e. The average molecular weight is 194 g/mol. The summed E-state index contributed by atoms with van der Waals surface area (Å²) in [4.78, 5) is 0. The fourth-order valence-electron chi connectivity index (χ4n) is 1.45. The van der Waals surface area contributed by atoms with Crippen LogP contribution in [-0.2, 0) is 28.1 Å². The third kappa shape index (κ3) is 1.73. The van der Waals surface area contributed by atoms with Crippen molar-refractivity contribution in [2.45, 2.75) is 6.42 Å². The van der Waals surface area contributed by atoms with Gasteiger partial charge in [0, 0.05) is 10.2 Å². The molecule has 2 heteroatoms. The SMILES string of the molecule is [SiH3]C1=Cc2ccccc2C1.[Ti+3]. The second-order valence-electron chi connectivity index (χ2n) is 2.87. The van der Waals surface area contributed by atoms with Gasteiger partial charge >= 0.3 is 21.7 Å². The summed E-state index contributed by atoms with van der Waals surface area (Å²) in [6, 6.07) is 8.64. The number of hydrogen-bond acceptors (Lipinski definition) is 0. The number of allylic oxidation sites excluding steroid dienone is 1. The molecule has 1 aromatic rings. The van der Waals surface area contributed by atoms with Gasteiger partial charge in [-0.1, -0.05) is 35.5 Å². The molecule has 1 aliphatic carbocycles. The van der Waals surface area contributed by atoms with Crippen LogP contribution in [0.4, 0.5) is 0 Å². The van der Waals surface area contributed by atoms with Gasteiger partial charge in [-0.3, -0.25) is 0 Å². The van der Waals surface area contributed by atoms with Gasteiger partial charge < -0.3 is 0 Å². The molecule has 0 nitrogen and oxygen atoms in total. The van der Waals surface area contributed by atoms with Crippen LogP contribution in [0.2, 0.25) is 0 Å². The molecule has 2 rings (SSSR count). The third-order valence-corrected chi connectivity index (χ3v) is 2.57. The summed E-state index contributed by atoms with van der Waals surface area (Å²) in [6.45, 7) is 0. The molecule has 0 aromatic heterocycles. The molecule has 0 spiro atoms. The first-order chi connectivity index (χ1) is 4.86. The van der Waals surface area contributed by atoms with Gasteiger partial charge in [-0.25, -0.2) is 0 Å². The molecule has 0 heterocycles. The Kier molecular flexibility index (Phi) is 2.88. The number of rotatable bonds is 0. The minimum atomic E-state index is 0. The summed E-state index contributed by atoms with van der Waals surface area (Å²) in [5.41, 5.74) is 2.94. The summed E-state index contributed by atoms with van der Waals surface area (Å²) >= 11 is 0. The van der Waals surface area contributed by atoms with Gasteiger partial charge in [0.2, 0.25) is 0 Å². The first-order valence-electron chi connectivity index (χ1n) is 3.61. The van der Waals surface area contributed by atoms with E-state index < -0.39 is 0 Å². The molecule has 0 bridgehead atoms. The summed E-state index contributed by atoms with van der Waals surface area (Å²) in [5.74, 6) is 0. The number of fused-ring (bicyclic) bond motifs is 1. The first-order valence-corrected chi connectivity index (χ1v) is 4.61. The van der Waals surface area contributed by atoms with E-state index in [0.717, 1.165) is 0 Å².